The van der Waals surface area contributed by atoms with Gasteiger partial charge in [0.25, 0.3) is 5.19 Å². The molecule has 6 rings (SSSR count). The van der Waals surface area contributed by atoms with Crippen molar-refractivity contribution < 1.29 is 18.6 Å². The number of imidazole rings is 1. The average molecular weight is 505 g/mol. The maximum atomic E-state index is 6.41. The number of anilines is 1. The summed E-state index contributed by atoms with van der Waals surface area (Å²) in [5.41, 5.74) is 3.97. The minimum atomic E-state index is 0.439. The molecule has 1 unspecified atom stereocenters. The number of nitrogens with zero attached hydrogens (tertiary/aromatic N) is 4. The predicted octanol–water partition coefficient (Wildman–Crippen LogP) is 5.83. The molecular weight excluding hydrogens is 476 g/mol. The van der Waals surface area contributed by atoms with E-state index in [-0.39, 0.29) is 0 Å². The zero-order chi connectivity index (χ0) is 24.6. The molecule has 0 radical (unpaired) electrons. The molecule has 5 aromatic rings. The first kappa shape index (κ1) is 22.7. The summed E-state index contributed by atoms with van der Waals surface area (Å²) in [6.45, 7) is 4.82. The number of hydrogen-bond donors (Lipinski definition) is 0. The topological polar surface area (TPSA) is 74.3 Å². The van der Waals surface area contributed by atoms with Crippen LogP contribution in [0.4, 0.5) is 5.69 Å². The van der Waals surface area contributed by atoms with E-state index in [1.54, 1.807) is 18.7 Å². The second-order valence-corrected chi connectivity index (χ2v) is 10.1. The van der Waals surface area contributed by atoms with Crippen LogP contribution in [0, 0.1) is 12.8 Å². The van der Waals surface area contributed by atoms with Gasteiger partial charge in [-0.2, -0.15) is 0 Å². The van der Waals surface area contributed by atoms with Crippen molar-refractivity contribution >= 4 is 33.0 Å². The summed E-state index contributed by atoms with van der Waals surface area (Å²) in [4.78, 5) is 7.85. The highest BCUT2D eigenvalue weighted by molar-refractivity contribution is 7.18. The highest BCUT2D eigenvalue weighted by Gasteiger charge is 2.22. The molecule has 4 heterocycles. The fraction of sp³-hybridized carbons (Fsp3) is 0.333. The minimum absolute atomic E-state index is 0.439. The first-order valence-corrected chi connectivity index (χ1v) is 12.9. The van der Waals surface area contributed by atoms with Crippen molar-refractivity contribution in [3.8, 4) is 28.1 Å². The molecule has 1 aliphatic heterocycles. The molecule has 1 atom stereocenters. The molecule has 0 amide bonds. The monoisotopic (exact) mass is 504 g/mol. The van der Waals surface area contributed by atoms with E-state index in [9.17, 15) is 0 Å². The summed E-state index contributed by atoms with van der Waals surface area (Å²) in [5, 5.41) is 5.82. The summed E-state index contributed by atoms with van der Waals surface area (Å²) >= 11 is 1.38. The van der Waals surface area contributed by atoms with Gasteiger partial charge in [0, 0.05) is 36.8 Å². The van der Waals surface area contributed by atoms with E-state index >= 15 is 0 Å². The standard InChI is InChI=1S/C27H28N4O4S/c1-17-6-8-19(9-7-17)30-10-4-5-18(14-30)16-34-23-11-20(32-2)12-24-21(23)13-25(35-24)22-15-31-26(28-22)36-27(29-31)33-3/h6-9,11-13,15,18H,4-5,10,14,16H2,1-3H3. The second kappa shape index (κ2) is 9.39. The van der Waals surface area contributed by atoms with Gasteiger partial charge < -0.3 is 23.5 Å². The zero-order valence-corrected chi connectivity index (χ0v) is 21.4. The summed E-state index contributed by atoms with van der Waals surface area (Å²) in [7, 11) is 3.25. The van der Waals surface area contributed by atoms with Gasteiger partial charge in [0.1, 0.15) is 22.8 Å². The second-order valence-electron chi connectivity index (χ2n) is 9.17. The van der Waals surface area contributed by atoms with Crippen molar-refractivity contribution in [1.29, 1.82) is 0 Å². The van der Waals surface area contributed by atoms with Gasteiger partial charge in [-0.3, -0.25) is 0 Å². The fourth-order valence-corrected chi connectivity index (χ4v) is 5.43. The third-order valence-corrected chi connectivity index (χ3v) is 7.54. The number of fused-ring (bicyclic) bond motifs is 2. The third kappa shape index (κ3) is 4.35. The van der Waals surface area contributed by atoms with Crippen LogP contribution in [0.15, 0.2) is 53.1 Å². The number of furan rings is 1. The van der Waals surface area contributed by atoms with E-state index in [1.165, 1.54) is 22.6 Å². The number of aryl methyl sites for hydroxylation is 1. The lowest BCUT2D eigenvalue weighted by atomic mass is 9.98. The number of benzene rings is 2. The van der Waals surface area contributed by atoms with Crippen molar-refractivity contribution in [3.05, 3.63) is 54.2 Å². The van der Waals surface area contributed by atoms with Crippen LogP contribution < -0.4 is 19.1 Å². The van der Waals surface area contributed by atoms with Crippen LogP contribution in [0.2, 0.25) is 0 Å². The number of hydrogen-bond acceptors (Lipinski definition) is 8. The predicted molar refractivity (Wildman–Crippen MR) is 141 cm³/mol. The molecule has 1 aliphatic rings. The van der Waals surface area contributed by atoms with Crippen LogP contribution in [0.5, 0.6) is 16.7 Å². The SMILES string of the molecule is COc1cc(OCC2CCCN(c3ccc(C)cc3)C2)c2cc(-c3cn4nc(OC)sc4n3)oc2c1. The molecule has 2 aromatic carbocycles. The lowest BCUT2D eigenvalue weighted by molar-refractivity contribution is 0.230. The number of ether oxygens (including phenoxy) is 3. The summed E-state index contributed by atoms with van der Waals surface area (Å²) in [5.74, 6) is 2.55. The number of aromatic nitrogens is 3. The van der Waals surface area contributed by atoms with E-state index in [2.05, 4.69) is 46.2 Å². The number of piperidine rings is 1. The Kier molecular flexibility index (Phi) is 5.92. The largest absolute Gasteiger partial charge is 0.496 e. The summed E-state index contributed by atoms with van der Waals surface area (Å²) in [6, 6.07) is 14.6. The molecule has 36 heavy (non-hydrogen) atoms. The molecule has 0 bridgehead atoms. The maximum Gasteiger partial charge on any atom is 0.294 e. The van der Waals surface area contributed by atoms with Gasteiger partial charge in [-0.15, -0.1) is 5.10 Å². The Morgan fingerprint density at radius 3 is 2.75 bits per heavy atom. The van der Waals surface area contributed by atoms with Crippen molar-refractivity contribution in [1.82, 2.24) is 14.6 Å². The first-order valence-electron chi connectivity index (χ1n) is 12.1. The Hall–Kier alpha value is -3.72. The van der Waals surface area contributed by atoms with Crippen LogP contribution in [-0.4, -0.2) is 48.5 Å². The smallest absolute Gasteiger partial charge is 0.294 e. The normalized spacial score (nSPS) is 16.1. The molecule has 186 valence electrons. The van der Waals surface area contributed by atoms with Gasteiger partial charge in [-0.25, -0.2) is 9.50 Å². The molecule has 9 heteroatoms. The Morgan fingerprint density at radius 2 is 1.97 bits per heavy atom. The molecule has 0 spiro atoms. The van der Waals surface area contributed by atoms with Crippen molar-refractivity contribution in [2.45, 2.75) is 19.8 Å². The molecule has 8 nitrogen and oxygen atoms in total. The fourth-order valence-electron chi connectivity index (χ4n) is 4.73. The molecule has 3 aromatic heterocycles. The quantitative estimate of drug-likeness (QED) is 0.276. The lowest BCUT2D eigenvalue weighted by Crippen LogP contribution is -2.37. The molecule has 0 aliphatic carbocycles. The third-order valence-electron chi connectivity index (χ3n) is 6.65. The Morgan fingerprint density at radius 1 is 1.11 bits per heavy atom. The van der Waals surface area contributed by atoms with Crippen molar-refractivity contribution in [2.75, 3.05) is 38.8 Å². The van der Waals surface area contributed by atoms with Gasteiger partial charge >= 0.3 is 0 Å². The minimum Gasteiger partial charge on any atom is -0.496 e. The molecular formula is C27H28N4O4S. The molecule has 0 saturated carbocycles. The van der Waals surface area contributed by atoms with Crippen LogP contribution in [-0.2, 0) is 0 Å². The van der Waals surface area contributed by atoms with Gasteiger partial charge in [-0.1, -0.05) is 17.7 Å². The summed E-state index contributed by atoms with van der Waals surface area (Å²) < 4.78 is 25.0. The molecule has 0 N–H and O–H groups in total. The maximum absolute atomic E-state index is 6.41. The number of rotatable bonds is 7. The van der Waals surface area contributed by atoms with Crippen LogP contribution in [0.3, 0.4) is 0 Å². The lowest BCUT2D eigenvalue weighted by Gasteiger charge is -2.34. The van der Waals surface area contributed by atoms with Gasteiger partial charge in [-0.05, 0) is 49.3 Å². The van der Waals surface area contributed by atoms with Crippen LogP contribution >= 0.6 is 11.3 Å². The highest BCUT2D eigenvalue weighted by Crippen LogP contribution is 2.38. The zero-order valence-electron chi connectivity index (χ0n) is 20.6. The van der Waals surface area contributed by atoms with Gasteiger partial charge in [0.15, 0.2) is 5.76 Å². The first-order chi connectivity index (χ1) is 17.6. The van der Waals surface area contributed by atoms with Crippen molar-refractivity contribution in [2.24, 2.45) is 5.92 Å². The summed E-state index contributed by atoms with van der Waals surface area (Å²) in [6.07, 6.45) is 4.14. The number of methoxy groups -OCH3 is 2. The van der Waals surface area contributed by atoms with Gasteiger partial charge in [0.2, 0.25) is 4.96 Å². The Balaban J connectivity index is 1.23. The average Bonchev–Trinajstić information content (AvgIpc) is 3.60. The molecule has 1 saturated heterocycles. The Bertz CT molecular complexity index is 1470. The Labute approximate surface area is 213 Å². The highest BCUT2D eigenvalue weighted by atomic mass is 32.1. The van der Waals surface area contributed by atoms with Crippen LogP contribution in [0.25, 0.3) is 27.4 Å². The van der Waals surface area contributed by atoms with E-state index in [4.69, 9.17) is 18.6 Å². The van der Waals surface area contributed by atoms with Crippen LogP contribution in [0.1, 0.15) is 18.4 Å². The molecule has 1 fully saturated rings. The van der Waals surface area contributed by atoms with E-state index in [0.717, 1.165) is 42.0 Å². The van der Waals surface area contributed by atoms with E-state index in [1.807, 2.05) is 24.4 Å². The van der Waals surface area contributed by atoms with E-state index in [0.29, 0.717) is 40.5 Å². The van der Waals surface area contributed by atoms with E-state index < -0.39 is 0 Å². The van der Waals surface area contributed by atoms with Gasteiger partial charge in [0.05, 0.1) is 32.4 Å². The van der Waals surface area contributed by atoms with Crippen molar-refractivity contribution in [3.63, 3.8) is 0 Å².